The lowest BCUT2D eigenvalue weighted by molar-refractivity contribution is -0.143. The second kappa shape index (κ2) is 12.2. The number of ether oxygens (including phenoxy) is 2. The number of benzene rings is 2. The minimum atomic E-state index is -5.18. The van der Waals surface area contributed by atoms with Crippen LogP contribution in [0.4, 0.5) is 54.8 Å². The molecule has 0 saturated heterocycles. The zero-order valence-corrected chi connectivity index (χ0v) is 22.3. The molecule has 0 saturated carbocycles. The first-order chi connectivity index (χ1) is 19.3. The second-order valence-corrected chi connectivity index (χ2v) is 9.55. The largest absolute Gasteiger partial charge is 0.533 e. The van der Waals surface area contributed by atoms with Gasteiger partial charge in [0.15, 0.2) is 0 Å². The van der Waals surface area contributed by atoms with E-state index in [0.717, 1.165) is 23.1 Å². The summed E-state index contributed by atoms with van der Waals surface area (Å²) in [5, 5.41) is 0.946. The first-order valence-corrected chi connectivity index (χ1v) is 12.3. The van der Waals surface area contributed by atoms with E-state index in [1.165, 1.54) is 13.8 Å². The first-order valence-electron chi connectivity index (χ1n) is 12.3. The van der Waals surface area contributed by atoms with E-state index >= 15 is 0 Å². The molecule has 42 heavy (non-hydrogen) atoms. The molecular formula is C26H25F9N2O5. The van der Waals surface area contributed by atoms with E-state index in [4.69, 9.17) is 14.3 Å². The third kappa shape index (κ3) is 7.91. The van der Waals surface area contributed by atoms with Gasteiger partial charge in [-0.05, 0) is 68.7 Å². The lowest BCUT2D eigenvalue weighted by atomic mass is 9.96. The molecular weight excluding hydrogens is 591 g/mol. The fraction of sp³-hybridized carbons (Fsp3) is 0.462. The van der Waals surface area contributed by atoms with Crippen LogP contribution in [0.2, 0.25) is 0 Å². The van der Waals surface area contributed by atoms with E-state index in [0.29, 0.717) is 24.3 Å². The third-order valence-electron chi connectivity index (χ3n) is 6.12. The maximum absolute atomic E-state index is 13.7. The summed E-state index contributed by atoms with van der Waals surface area (Å²) in [4.78, 5) is 31.0. The van der Waals surface area contributed by atoms with Crippen LogP contribution in [0, 0.1) is 0 Å². The van der Waals surface area contributed by atoms with Gasteiger partial charge in [-0.1, -0.05) is 0 Å². The zero-order valence-electron chi connectivity index (χ0n) is 22.3. The Morgan fingerprint density at radius 2 is 1.48 bits per heavy atom. The first kappa shape index (κ1) is 32.7. The van der Waals surface area contributed by atoms with Gasteiger partial charge in [0.2, 0.25) is 0 Å². The van der Waals surface area contributed by atoms with Gasteiger partial charge in [0.1, 0.15) is 0 Å². The number of anilines is 1. The Balaban J connectivity index is 2.16. The van der Waals surface area contributed by atoms with E-state index in [1.807, 2.05) is 0 Å². The van der Waals surface area contributed by atoms with Crippen LogP contribution in [0.5, 0.6) is 0 Å². The van der Waals surface area contributed by atoms with Crippen LogP contribution in [0.3, 0.4) is 0 Å². The fourth-order valence-corrected chi connectivity index (χ4v) is 4.38. The standard InChI is InChI=1S/C26H25F9N2O5/c1-14(2)41-23(39)42-37-8-4-5-20(19-12-16(24(27,28)29)6-7-21(19)37)36(22(38)40-3)13-15-9-17(25(30,31)32)11-18(10-15)26(33,34)35/h6-7,9-12,14,20H,4-5,8,13H2,1-3H3. The smallest absolute Gasteiger partial charge is 0.453 e. The quantitative estimate of drug-likeness (QED) is 0.250. The number of hydrogen-bond donors (Lipinski definition) is 0. The number of rotatable bonds is 5. The van der Waals surface area contributed by atoms with Gasteiger partial charge in [-0.2, -0.15) is 39.5 Å². The minimum Gasteiger partial charge on any atom is -0.453 e. The molecule has 7 nitrogen and oxygen atoms in total. The molecule has 0 spiro atoms. The molecule has 1 amide bonds. The highest BCUT2D eigenvalue weighted by molar-refractivity contribution is 5.70. The number of hydrogen-bond acceptors (Lipinski definition) is 6. The van der Waals surface area contributed by atoms with Crippen LogP contribution >= 0.6 is 0 Å². The molecule has 3 rings (SSSR count). The molecule has 0 bridgehead atoms. The molecule has 1 heterocycles. The number of carbonyl (C=O) groups is 2. The maximum atomic E-state index is 13.7. The van der Waals surface area contributed by atoms with Gasteiger partial charge in [-0.15, -0.1) is 0 Å². The minimum absolute atomic E-state index is 0.0551. The van der Waals surface area contributed by atoms with Crippen molar-refractivity contribution in [1.82, 2.24) is 4.90 Å². The molecule has 0 fully saturated rings. The highest BCUT2D eigenvalue weighted by Gasteiger charge is 2.39. The van der Waals surface area contributed by atoms with Crippen molar-refractivity contribution >= 4 is 17.9 Å². The Bertz CT molecular complexity index is 1260. The predicted octanol–water partition coefficient (Wildman–Crippen LogP) is 8.13. The lowest BCUT2D eigenvalue weighted by Gasteiger charge is -2.32. The molecule has 16 heteroatoms. The third-order valence-corrected chi connectivity index (χ3v) is 6.12. The summed E-state index contributed by atoms with van der Waals surface area (Å²) in [5.41, 5.74) is -5.40. The van der Waals surface area contributed by atoms with E-state index in [-0.39, 0.29) is 36.7 Å². The van der Waals surface area contributed by atoms with Crippen molar-refractivity contribution in [3.63, 3.8) is 0 Å². The summed E-state index contributed by atoms with van der Waals surface area (Å²) >= 11 is 0. The van der Waals surface area contributed by atoms with Crippen LogP contribution in [0.25, 0.3) is 0 Å². The number of carbonyl (C=O) groups excluding carboxylic acids is 2. The van der Waals surface area contributed by atoms with E-state index in [2.05, 4.69) is 0 Å². The predicted molar refractivity (Wildman–Crippen MR) is 128 cm³/mol. The Morgan fingerprint density at radius 1 is 0.905 bits per heavy atom. The van der Waals surface area contributed by atoms with Gasteiger partial charge in [-0.3, -0.25) is 4.90 Å². The summed E-state index contributed by atoms with van der Waals surface area (Å²) in [6, 6.07) is 1.70. The number of amides is 1. The molecule has 2 aromatic rings. The molecule has 1 aliphatic heterocycles. The molecule has 0 aromatic heterocycles. The Kier molecular flexibility index (Phi) is 9.47. The molecule has 1 unspecified atom stereocenters. The van der Waals surface area contributed by atoms with Crippen molar-refractivity contribution in [2.75, 3.05) is 18.7 Å². The Hall–Kier alpha value is -3.85. The van der Waals surface area contributed by atoms with Crippen LogP contribution in [-0.2, 0) is 39.4 Å². The SMILES string of the molecule is COC(=O)N(Cc1cc(C(F)(F)F)cc(C(F)(F)F)c1)C1CCCN(OC(=O)OC(C)C)c2ccc(C(F)(F)F)cc21. The van der Waals surface area contributed by atoms with Crippen molar-refractivity contribution in [1.29, 1.82) is 0 Å². The summed E-state index contributed by atoms with van der Waals surface area (Å²) in [7, 11) is 0.893. The van der Waals surface area contributed by atoms with E-state index in [1.54, 1.807) is 0 Å². The van der Waals surface area contributed by atoms with Gasteiger partial charge in [0, 0.05) is 12.1 Å². The topological polar surface area (TPSA) is 68.3 Å². The van der Waals surface area contributed by atoms with Crippen LogP contribution in [0.15, 0.2) is 36.4 Å². The number of fused-ring (bicyclic) bond motifs is 1. The normalized spacial score (nSPS) is 16.0. The number of alkyl halides is 9. The maximum Gasteiger partial charge on any atom is 0.533 e. The number of hydroxylamine groups is 1. The van der Waals surface area contributed by atoms with E-state index < -0.39 is 71.7 Å². The van der Waals surface area contributed by atoms with Crippen molar-refractivity contribution in [2.45, 2.75) is 63.9 Å². The lowest BCUT2D eigenvalue weighted by Crippen LogP contribution is -2.35. The van der Waals surface area contributed by atoms with Gasteiger partial charge < -0.3 is 14.3 Å². The molecule has 1 aliphatic rings. The zero-order chi connectivity index (χ0) is 31.6. The number of methoxy groups -OCH3 is 1. The van der Waals surface area contributed by atoms with Crippen molar-refractivity contribution in [3.8, 4) is 0 Å². The molecule has 232 valence electrons. The van der Waals surface area contributed by atoms with Crippen molar-refractivity contribution in [3.05, 3.63) is 64.2 Å². The van der Waals surface area contributed by atoms with Crippen molar-refractivity contribution < 1.29 is 63.4 Å². The summed E-state index contributed by atoms with van der Waals surface area (Å²) in [5.74, 6) is 0. The molecule has 0 aliphatic carbocycles. The van der Waals surface area contributed by atoms with Crippen LogP contribution in [-0.4, -0.2) is 36.9 Å². The average molecular weight is 616 g/mol. The molecule has 0 radical (unpaired) electrons. The summed E-state index contributed by atoms with van der Waals surface area (Å²) in [6.45, 7) is 2.06. The molecule has 1 atom stereocenters. The van der Waals surface area contributed by atoms with Gasteiger partial charge >= 0.3 is 30.8 Å². The second-order valence-electron chi connectivity index (χ2n) is 9.55. The number of halogens is 9. The number of nitrogens with zero attached hydrogens (tertiary/aromatic N) is 2. The average Bonchev–Trinajstić information content (AvgIpc) is 3.03. The summed E-state index contributed by atoms with van der Waals surface area (Å²) < 4.78 is 131. The van der Waals surface area contributed by atoms with Crippen LogP contribution < -0.4 is 5.06 Å². The monoisotopic (exact) mass is 616 g/mol. The van der Waals surface area contributed by atoms with Crippen LogP contribution in [0.1, 0.15) is 60.5 Å². The summed E-state index contributed by atoms with van der Waals surface area (Å²) in [6.07, 6.45) is -18.3. The Morgan fingerprint density at radius 3 is 1.98 bits per heavy atom. The van der Waals surface area contributed by atoms with Gasteiger partial charge in [0.25, 0.3) is 0 Å². The van der Waals surface area contributed by atoms with E-state index in [9.17, 15) is 49.1 Å². The highest BCUT2D eigenvalue weighted by atomic mass is 19.4. The van der Waals surface area contributed by atoms with Crippen molar-refractivity contribution in [2.24, 2.45) is 0 Å². The molecule has 2 aromatic carbocycles. The van der Waals surface area contributed by atoms with Gasteiger partial charge in [0.05, 0.1) is 48.2 Å². The fourth-order valence-electron chi connectivity index (χ4n) is 4.38. The van der Waals surface area contributed by atoms with Gasteiger partial charge in [-0.25, -0.2) is 14.7 Å². The molecule has 0 N–H and O–H groups in total. The highest BCUT2D eigenvalue weighted by Crippen LogP contribution is 2.42. The Labute approximate surface area is 233 Å².